The molecular formula is C12H20N2O3S. The van der Waals surface area contributed by atoms with Gasteiger partial charge in [-0.05, 0) is 37.0 Å². The van der Waals surface area contributed by atoms with Crippen molar-refractivity contribution in [3.05, 3.63) is 30.1 Å². The summed E-state index contributed by atoms with van der Waals surface area (Å²) in [6.07, 6.45) is 3.75. The van der Waals surface area contributed by atoms with Crippen LogP contribution in [0.4, 0.5) is 0 Å². The van der Waals surface area contributed by atoms with Gasteiger partial charge in [0.2, 0.25) is 10.0 Å². The second kappa shape index (κ2) is 6.82. The van der Waals surface area contributed by atoms with Gasteiger partial charge >= 0.3 is 0 Å². The lowest BCUT2D eigenvalue weighted by atomic mass is 10.1. The van der Waals surface area contributed by atoms with Crippen LogP contribution in [0.1, 0.15) is 19.4 Å². The van der Waals surface area contributed by atoms with E-state index < -0.39 is 10.0 Å². The first-order valence-electron chi connectivity index (χ1n) is 5.94. The average molecular weight is 272 g/mol. The number of aliphatic hydroxyl groups excluding tert-OH is 1. The van der Waals surface area contributed by atoms with Crippen LogP contribution in [0, 0.1) is 5.92 Å². The van der Waals surface area contributed by atoms with Crippen LogP contribution in [0.2, 0.25) is 0 Å². The minimum atomic E-state index is -3.32. The van der Waals surface area contributed by atoms with E-state index in [9.17, 15) is 8.42 Å². The molecule has 1 heterocycles. The zero-order chi connectivity index (χ0) is 13.6. The van der Waals surface area contributed by atoms with Crippen molar-refractivity contribution in [1.82, 2.24) is 9.71 Å². The molecule has 0 fully saturated rings. The Morgan fingerprint density at radius 1 is 1.33 bits per heavy atom. The summed E-state index contributed by atoms with van der Waals surface area (Å²) in [5, 5.41) is 8.97. The standard InChI is InChI=1S/C12H20N2O3S/c1-10(9-15)11(2)14-18(16,17)8-5-12-3-6-13-7-4-12/h3-4,6-7,10-11,14-15H,5,8-9H2,1-2H3. The van der Waals surface area contributed by atoms with Gasteiger partial charge in [0.1, 0.15) is 0 Å². The molecule has 18 heavy (non-hydrogen) atoms. The number of hydrogen-bond donors (Lipinski definition) is 2. The molecule has 0 aromatic carbocycles. The van der Waals surface area contributed by atoms with Gasteiger partial charge in [0, 0.05) is 25.0 Å². The highest BCUT2D eigenvalue weighted by Gasteiger charge is 2.18. The number of rotatable bonds is 7. The first kappa shape index (κ1) is 15.1. The molecular weight excluding hydrogens is 252 g/mol. The molecule has 6 heteroatoms. The highest BCUT2D eigenvalue weighted by Crippen LogP contribution is 2.05. The van der Waals surface area contributed by atoms with Crippen LogP contribution >= 0.6 is 0 Å². The first-order valence-corrected chi connectivity index (χ1v) is 7.59. The molecule has 1 aromatic heterocycles. The van der Waals surface area contributed by atoms with Gasteiger partial charge < -0.3 is 5.11 Å². The summed E-state index contributed by atoms with van der Waals surface area (Å²) in [7, 11) is -3.32. The third-order valence-corrected chi connectivity index (χ3v) is 4.39. The molecule has 0 aliphatic carbocycles. The topological polar surface area (TPSA) is 79.3 Å². The fraction of sp³-hybridized carbons (Fsp3) is 0.583. The van der Waals surface area contributed by atoms with Crippen LogP contribution in [-0.4, -0.2) is 36.9 Å². The molecule has 0 aliphatic rings. The fourth-order valence-electron chi connectivity index (χ4n) is 1.42. The number of aromatic nitrogens is 1. The van der Waals surface area contributed by atoms with Crippen LogP contribution in [0.3, 0.4) is 0 Å². The number of sulfonamides is 1. The highest BCUT2D eigenvalue weighted by molar-refractivity contribution is 7.89. The van der Waals surface area contributed by atoms with Gasteiger partial charge in [0.05, 0.1) is 5.75 Å². The Bertz CT molecular complexity index is 448. The molecule has 0 saturated carbocycles. The number of aryl methyl sites for hydroxylation is 1. The van der Waals surface area contributed by atoms with Crippen LogP contribution in [0.15, 0.2) is 24.5 Å². The van der Waals surface area contributed by atoms with E-state index >= 15 is 0 Å². The lowest BCUT2D eigenvalue weighted by Crippen LogP contribution is -2.39. The minimum absolute atomic E-state index is 0.0337. The number of nitrogens with one attached hydrogen (secondary N) is 1. The maximum Gasteiger partial charge on any atom is 0.212 e. The van der Waals surface area contributed by atoms with Gasteiger partial charge in [-0.25, -0.2) is 13.1 Å². The monoisotopic (exact) mass is 272 g/mol. The second-order valence-electron chi connectivity index (χ2n) is 4.49. The van der Waals surface area contributed by atoms with E-state index in [1.807, 2.05) is 0 Å². The Labute approximate surface area is 108 Å². The average Bonchev–Trinajstić information content (AvgIpc) is 2.36. The smallest absolute Gasteiger partial charge is 0.212 e. The Hall–Kier alpha value is -0.980. The maximum atomic E-state index is 11.8. The zero-order valence-corrected chi connectivity index (χ0v) is 11.5. The fourth-order valence-corrected chi connectivity index (χ4v) is 2.84. The van der Waals surface area contributed by atoms with E-state index in [4.69, 9.17) is 5.11 Å². The van der Waals surface area contributed by atoms with E-state index in [0.717, 1.165) is 5.56 Å². The zero-order valence-electron chi connectivity index (χ0n) is 10.7. The molecule has 0 amide bonds. The molecule has 0 spiro atoms. The van der Waals surface area contributed by atoms with E-state index in [2.05, 4.69) is 9.71 Å². The predicted octanol–water partition coefficient (Wildman–Crippen LogP) is 0.560. The first-order chi connectivity index (χ1) is 8.44. The van der Waals surface area contributed by atoms with Crippen molar-refractivity contribution < 1.29 is 13.5 Å². The van der Waals surface area contributed by atoms with Crippen molar-refractivity contribution in [2.24, 2.45) is 5.92 Å². The van der Waals surface area contributed by atoms with E-state index in [0.29, 0.717) is 6.42 Å². The van der Waals surface area contributed by atoms with Crippen molar-refractivity contribution in [1.29, 1.82) is 0 Å². The van der Waals surface area contributed by atoms with E-state index in [-0.39, 0.29) is 24.3 Å². The number of nitrogens with zero attached hydrogens (tertiary/aromatic N) is 1. The van der Waals surface area contributed by atoms with Gasteiger partial charge in [-0.1, -0.05) is 6.92 Å². The summed E-state index contributed by atoms with van der Waals surface area (Å²) in [6.45, 7) is 3.52. The molecule has 0 bridgehead atoms. The van der Waals surface area contributed by atoms with Gasteiger partial charge in [-0.2, -0.15) is 0 Å². The lowest BCUT2D eigenvalue weighted by Gasteiger charge is -2.19. The molecule has 0 radical (unpaired) electrons. The Morgan fingerprint density at radius 2 is 1.94 bits per heavy atom. The SMILES string of the molecule is CC(CO)C(C)NS(=O)(=O)CCc1ccncc1. The third-order valence-electron chi connectivity index (χ3n) is 2.92. The molecule has 0 aliphatic heterocycles. The lowest BCUT2D eigenvalue weighted by molar-refractivity contribution is 0.216. The summed E-state index contributed by atoms with van der Waals surface area (Å²) in [6, 6.07) is 3.34. The van der Waals surface area contributed by atoms with Crippen molar-refractivity contribution >= 4 is 10.0 Å². The Morgan fingerprint density at radius 3 is 2.50 bits per heavy atom. The molecule has 0 saturated heterocycles. The molecule has 1 aromatic rings. The second-order valence-corrected chi connectivity index (χ2v) is 6.36. The maximum absolute atomic E-state index is 11.8. The van der Waals surface area contributed by atoms with Crippen molar-refractivity contribution in [2.45, 2.75) is 26.3 Å². The van der Waals surface area contributed by atoms with Gasteiger partial charge in [0.15, 0.2) is 0 Å². The van der Waals surface area contributed by atoms with Crippen molar-refractivity contribution in [3.63, 3.8) is 0 Å². The van der Waals surface area contributed by atoms with E-state index in [1.54, 1.807) is 38.4 Å². The van der Waals surface area contributed by atoms with Crippen molar-refractivity contribution in [3.8, 4) is 0 Å². The molecule has 1 rings (SSSR count). The summed E-state index contributed by atoms with van der Waals surface area (Å²) in [4.78, 5) is 3.88. The summed E-state index contributed by atoms with van der Waals surface area (Å²) in [5.41, 5.74) is 0.943. The summed E-state index contributed by atoms with van der Waals surface area (Å²) in [5.74, 6) is -0.0554. The van der Waals surface area contributed by atoms with Crippen molar-refractivity contribution in [2.75, 3.05) is 12.4 Å². The van der Waals surface area contributed by atoms with Gasteiger partial charge in [-0.3, -0.25) is 4.98 Å². The number of hydrogen-bond acceptors (Lipinski definition) is 4. The molecule has 2 atom stereocenters. The molecule has 2 unspecified atom stereocenters. The Kier molecular flexibility index (Phi) is 5.71. The predicted molar refractivity (Wildman–Crippen MR) is 70.6 cm³/mol. The largest absolute Gasteiger partial charge is 0.396 e. The summed E-state index contributed by atoms with van der Waals surface area (Å²) < 4.78 is 26.2. The quantitative estimate of drug-likeness (QED) is 0.760. The Balaban J connectivity index is 2.50. The molecule has 2 N–H and O–H groups in total. The van der Waals surface area contributed by atoms with Gasteiger partial charge in [0.25, 0.3) is 0 Å². The van der Waals surface area contributed by atoms with E-state index in [1.165, 1.54) is 0 Å². The van der Waals surface area contributed by atoms with Crippen LogP contribution in [0.25, 0.3) is 0 Å². The highest BCUT2D eigenvalue weighted by atomic mass is 32.2. The summed E-state index contributed by atoms with van der Waals surface area (Å²) >= 11 is 0. The normalized spacial score (nSPS) is 15.3. The van der Waals surface area contributed by atoms with Gasteiger partial charge in [-0.15, -0.1) is 0 Å². The van der Waals surface area contributed by atoms with Crippen LogP contribution < -0.4 is 4.72 Å². The van der Waals surface area contributed by atoms with Crippen LogP contribution in [-0.2, 0) is 16.4 Å². The number of pyridine rings is 1. The third kappa shape index (κ3) is 5.12. The van der Waals surface area contributed by atoms with Crippen LogP contribution in [0.5, 0.6) is 0 Å². The number of aliphatic hydroxyl groups is 1. The minimum Gasteiger partial charge on any atom is -0.396 e. The molecule has 5 nitrogen and oxygen atoms in total. The molecule has 102 valence electrons.